The number of aliphatic hydroxyl groups is 1. The molecule has 0 unspecified atom stereocenters. The Hall–Kier alpha value is -0.830. The van der Waals surface area contributed by atoms with E-state index in [0.717, 1.165) is 17.0 Å². The Bertz CT molecular complexity index is 241. The minimum Gasteiger partial charge on any atom is -0.390 e. The van der Waals surface area contributed by atoms with Gasteiger partial charge in [-0.1, -0.05) is 13.8 Å². The van der Waals surface area contributed by atoms with Crippen LogP contribution in [0.5, 0.6) is 0 Å². The Kier molecular flexibility index (Phi) is 4.59. The van der Waals surface area contributed by atoms with Crippen LogP contribution in [0.3, 0.4) is 0 Å². The lowest BCUT2D eigenvalue weighted by atomic mass is 10.2. The summed E-state index contributed by atoms with van der Waals surface area (Å²) in [5.41, 5.74) is 2.98. The topological polar surface area (TPSA) is 38.1 Å². The first-order valence-electron chi connectivity index (χ1n) is 4.26. The van der Waals surface area contributed by atoms with Crippen molar-refractivity contribution in [2.45, 2.75) is 34.3 Å². The summed E-state index contributed by atoms with van der Waals surface area (Å²) in [7, 11) is 1.88. The molecule has 1 N–H and O–H groups in total. The Morgan fingerprint density at radius 1 is 1.33 bits per heavy atom. The van der Waals surface area contributed by atoms with Gasteiger partial charge in [0.05, 0.1) is 12.3 Å². The molecular formula is C9H18N2O. The molecule has 0 fully saturated rings. The fourth-order valence-corrected chi connectivity index (χ4v) is 0.933. The van der Waals surface area contributed by atoms with E-state index in [2.05, 4.69) is 5.10 Å². The molecular weight excluding hydrogens is 152 g/mol. The maximum atomic E-state index is 8.78. The fourth-order valence-electron chi connectivity index (χ4n) is 0.933. The molecule has 0 saturated heterocycles. The van der Waals surface area contributed by atoms with Crippen molar-refractivity contribution in [3.8, 4) is 0 Å². The average Bonchev–Trinajstić information content (AvgIpc) is 2.36. The first-order chi connectivity index (χ1) is 5.66. The van der Waals surface area contributed by atoms with Crippen molar-refractivity contribution in [1.82, 2.24) is 9.78 Å². The predicted octanol–water partition coefficient (Wildman–Crippen LogP) is 1.56. The van der Waals surface area contributed by atoms with Crippen LogP contribution in [0, 0.1) is 13.8 Å². The van der Waals surface area contributed by atoms with Crippen LogP contribution in [0.1, 0.15) is 30.8 Å². The SMILES string of the molecule is CC.Cc1c(CO)nn(C)c1C. The van der Waals surface area contributed by atoms with E-state index in [1.165, 1.54) is 0 Å². The third kappa shape index (κ3) is 2.08. The van der Waals surface area contributed by atoms with Crippen molar-refractivity contribution in [3.05, 3.63) is 17.0 Å². The van der Waals surface area contributed by atoms with E-state index in [9.17, 15) is 0 Å². The first-order valence-corrected chi connectivity index (χ1v) is 4.26. The largest absolute Gasteiger partial charge is 0.390 e. The van der Waals surface area contributed by atoms with Crippen LogP contribution in [-0.2, 0) is 13.7 Å². The summed E-state index contributed by atoms with van der Waals surface area (Å²) in [6.07, 6.45) is 0. The molecule has 0 aliphatic heterocycles. The van der Waals surface area contributed by atoms with Crippen molar-refractivity contribution in [2.24, 2.45) is 7.05 Å². The smallest absolute Gasteiger partial charge is 0.0910 e. The van der Waals surface area contributed by atoms with Gasteiger partial charge in [-0.3, -0.25) is 4.68 Å². The molecule has 1 heterocycles. The number of hydrogen-bond acceptors (Lipinski definition) is 2. The highest BCUT2D eigenvalue weighted by molar-refractivity contribution is 5.22. The quantitative estimate of drug-likeness (QED) is 0.694. The molecule has 1 rings (SSSR count). The van der Waals surface area contributed by atoms with Gasteiger partial charge in [0.1, 0.15) is 0 Å². The van der Waals surface area contributed by atoms with Gasteiger partial charge in [-0.2, -0.15) is 5.10 Å². The second kappa shape index (κ2) is 4.93. The van der Waals surface area contributed by atoms with Gasteiger partial charge in [0.2, 0.25) is 0 Å². The van der Waals surface area contributed by atoms with Gasteiger partial charge in [0.25, 0.3) is 0 Å². The molecule has 0 spiro atoms. The van der Waals surface area contributed by atoms with Gasteiger partial charge >= 0.3 is 0 Å². The van der Waals surface area contributed by atoms with Crippen molar-refractivity contribution < 1.29 is 5.11 Å². The van der Waals surface area contributed by atoms with Crippen LogP contribution < -0.4 is 0 Å². The molecule has 0 bridgehead atoms. The monoisotopic (exact) mass is 170 g/mol. The number of nitrogens with zero attached hydrogens (tertiary/aromatic N) is 2. The summed E-state index contributed by atoms with van der Waals surface area (Å²) < 4.78 is 1.78. The van der Waals surface area contributed by atoms with E-state index >= 15 is 0 Å². The maximum Gasteiger partial charge on any atom is 0.0910 e. The summed E-state index contributed by atoms with van der Waals surface area (Å²) in [5, 5.41) is 12.9. The molecule has 0 atom stereocenters. The molecule has 70 valence electrons. The van der Waals surface area contributed by atoms with E-state index in [1.54, 1.807) is 4.68 Å². The van der Waals surface area contributed by atoms with E-state index in [4.69, 9.17) is 5.11 Å². The Labute approximate surface area is 74.0 Å². The molecule has 0 aliphatic carbocycles. The molecule has 3 heteroatoms. The Morgan fingerprint density at radius 3 is 2.00 bits per heavy atom. The molecule has 0 saturated carbocycles. The lowest BCUT2D eigenvalue weighted by Gasteiger charge is -1.91. The maximum absolute atomic E-state index is 8.78. The van der Waals surface area contributed by atoms with Crippen LogP contribution in [0.15, 0.2) is 0 Å². The fraction of sp³-hybridized carbons (Fsp3) is 0.667. The molecule has 1 aromatic rings. The van der Waals surface area contributed by atoms with Crippen LogP contribution >= 0.6 is 0 Å². The van der Waals surface area contributed by atoms with Gasteiger partial charge in [0.15, 0.2) is 0 Å². The zero-order valence-electron chi connectivity index (χ0n) is 8.55. The standard InChI is InChI=1S/C7H12N2O.C2H6/c1-5-6(2)9(3)8-7(5)4-10;1-2/h10H,4H2,1-3H3;1-2H3. The first kappa shape index (κ1) is 11.2. The van der Waals surface area contributed by atoms with E-state index < -0.39 is 0 Å². The number of aryl methyl sites for hydroxylation is 1. The van der Waals surface area contributed by atoms with E-state index in [0.29, 0.717) is 0 Å². The summed E-state index contributed by atoms with van der Waals surface area (Å²) in [6.45, 7) is 7.99. The highest BCUT2D eigenvalue weighted by atomic mass is 16.3. The molecule has 0 radical (unpaired) electrons. The van der Waals surface area contributed by atoms with Crippen molar-refractivity contribution >= 4 is 0 Å². The van der Waals surface area contributed by atoms with Gasteiger partial charge in [-0.25, -0.2) is 0 Å². The summed E-state index contributed by atoms with van der Waals surface area (Å²) >= 11 is 0. The molecule has 3 nitrogen and oxygen atoms in total. The van der Waals surface area contributed by atoms with Gasteiger partial charge < -0.3 is 5.11 Å². The molecule has 0 amide bonds. The van der Waals surface area contributed by atoms with E-state index in [-0.39, 0.29) is 6.61 Å². The summed E-state index contributed by atoms with van der Waals surface area (Å²) in [6, 6.07) is 0. The summed E-state index contributed by atoms with van der Waals surface area (Å²) in [5.74, 6) is 0. The molecule has 0 aromatic carbocycles. The van der Waals surface area contributed by atoms with Gasteiger partial charge in [-0.05, 0) is 19.4 Å². The zero-order chi connectivity index (χ0) is 9.72. The zero-order valence-corrected chi connectivity index (χ0v) is 8.55. The number of rotatable bonds is 1. The van der Waals surface area contributed by atoms with Crippen LogP contribution in [0.2, 0.25) is 0 Å². The Morgan fingerprint density at radius 2 is 1.83 bits per heavy atom. The molecule has 0 aliphatic rings. The average molecular weight is 170 g/mol. The third-order valence-corrected chi connectivity index (χ3v) is 1.88. The van der Waals surface area contributed by atoms with Gasteiger partial charge in [0, 0.05) is 12.7 Å². The second-order valence-electron chi connectivity index (χ2n) is 2.44. The molecule has 1 aromatic heterocycles. The van der Waals surface area contributed by atoms with Crippen LogP contribution in [0.25, 0.3) is 0 Å². The lowest BCUT2D eigenvalue weighted by molar-refractivity contribution is 0.275. The normalized spacial score (nSPS) is 9.17. The highest BCUT2D eigenvalue weighted by Gasteiger charge is 2.05. The van der Waals surface area contributed by atoms with Crippen LogP contribution in [0.4, 0.5) is 0 Å². The second-order valence-corrected chi connectivity index (χ2v) is 2.44. The Balaban J connectivity index is 0.000000561. The van der Waals surface area contributed by atoms with Crippen molar-refractivity contribution in [2.75, 3.05) is 0 Å². The summed E-state index contributed by atoms with van der Waals surface area (Å²) in [4.78, 5) is 0. The predicted molar refractivity (Wildman–Crippen MR) is 50.0 cm³/mol. The number of aliphatic hydroxyl groups excluding tert-OH is 1. The highest BCUT2D eigenvalue weighted by Crippen LogP contribution is 2.09. The third-order valence-electron chi connectivity index (χ3n) is 1.88. The van der Waals surface area contributed by atoms with E-state index in [1.807, 2.05) is 34.7 Å². The molecule has 12 heavy (non-hydrogen) atoms. The minimum absolute atomic E-state index is 0.0352. The number of hydrogen-bond donors (Lipinski definition) is 1. The minimum atomic E-state index is 0.0352. The number of aromatic nitrogens is 2. The van der Waals surface area contributed by atoms with Crippen LogP contribution in [-0.4, -0.2) is 14.9 Å². The van der Waals surface area contributed by atoms with Crippen molar-refractivity contribution in [3.63, 3.8) is 0 Å². The van der Waals surface area contributed by atoms with Gasteiger partial charge in [-0.15, -0.1) is 0 Å². The van der Waals surface area contributed by atoms with Crippen molar-refractivity contribution in [1.29, 1.82) is 0 Å². The lowest BCUT2D eigenvalue weighted by Crippen LogP contribution is -1.93.